The molecule has 7 heteroatoms. The smallest absolute Gasteiger partial charge is 0.334 e. The fourth-order valence-corrected chi connectivity index (χ4v) is 3.14. The van der Waals surface area contributed by atoms with E-state index in [1.165, 1.54) is 6.42 Å². The number of anilines is 1. The first-order chi connectivity index (χ1) is 9.97. The highest BCUT2D eigenvalue weighted by Crippen LogP contribution is 2.37. The van der Waals surface area contributed by atoms with Crippen LogP contribution in [0.2, 0.25) is 0 Å². The van der Waals surface area contributed by atoms with E-state index in [9.17, 15) is 10.1 Å². The SMILES string of the molecule is CNCC1CCCCN1c1c([N+](=O)[O-])c(C(C)C)nn1C. The van der Waals surface area contributed by atoms with Crippen LogP contribution in [0.15, 0.2) is 0 Å². The minimum atomic E-state index is -0.275. The molecule has 118 valence electrons. The van der Waals surface area contributed by atoms with Crippen LogP contribution in [0.3, 0.4) is 0 Å². The highest BCUT2D eigenvalue weighted by atomic mass is 16.6. The molecule has 0 saturated carbocycles. The van der Waals surface area contributed by atoms with E-state index in [2.05, 4.69) is 15.3 Å². The Hall–Kier alpha value is -1.63. The zero-order chi connectivity index (χ0) is 15.6. The van der Waals surface area contributed by atoms with Crippen LogP contribution in [0.25, 0.3) is 0 Å². The number of hydrogen-bond acceptors (Lipinski definition) is 5. The van der Waals surface area contributed by atoms with Gasteiger partial charge in [0.2, 0.25) is 5.82 Å². The molecule has 1 N–H and O–H groups in total. The van der Waals surface area contributed by atoms with Crippen LogP contribution < -0.4 is 10.2 Å². The Labute approximate surface area is 125 Å². The summed E-state index contributed by atoms with van der Waals surface area (Å²) in [6.45, 7) is 5.57. The standard InChI is InChI=1S/C14H25N5O2/c1-10(2)12-13(19(20)21)14(17(4)16-12)18-8-6-5-7-11(18)9-15-3/h10-11,15H,5-9H2,1-4H3. The van der Waals surface area contributed by atoms with E-state index in [0.29, 0.717) is 11.5 Å². The van der Waals surface area contributed by atoms with Crippen LogP contribution in [-0.4, -0.2) is 40.9 Å². The van der Waals surface area contributed by atoms with E-state index >= 15 is 0 Å². The fourth-order valence-electron chi connectivity index (χ4n) is 3.14. The molecule has 0 amide bonds. The van der Waals surface area contributed by atoms with Crippen molar-refractivity contribution >= 4 is 11.5 Å². The van der Waals surface area contributed by atoms with Crippen molar-refractivity contribution < 1.29 is 4.92 Å². The second-order valence-corrected chi connectivity index (χ2v) is 5.99. The van der Waals surface area contributed by atoms with Gasteiger partial charge in [-0.25, -0.2) is 4.68 Å². The van der Waals surface area contributed by atoms with Gasteiger partial charge in [0.05, 0.1) is 4.92 Å². The Morgan fingerprint density at radius 3 is 2.76 bits per heavy atom. The van der Waals surface area contributed by atoms with E-state index in [4.69, 9.17) is 0 Å². The maximum atomic E-state index is 11.6. The van der Waals surface area contributed by atoms with E-state index < -0.39 is 0 Å². The van der Waals surface area contributed by atoms with Gasteiger partial charge in [0.25, 0.3) is 0 Å². The molecule has 1 saturated heterocycles. The lowest BCUT2D eigenvalue weighted by molar-refractivity contribution is -0.385. The van der Waals surface area contributed by atoms with E-state index in [1.54, 1.807) is 11.7 Å². The molecule has 0 spiro atoms. The lowest BCUT2D eigenvalue weighted by Crippen LogP contribution is -2.46. The highest BCUT2D eigenvalue weighted by molar-refractivity contribution is 5.63. The van der Waals surface area contributed by atoms with Gasteiger partial charge in [-0.1, -0.05) is 13.8 Å². The zero-order valence-corrected chi connectivity index (χ0v) is 13.3. The van der Waals surface area contributed by atoms with Crippen molar-refractivity contribution in [3.8, 4) is 0 Å². The summed E-state index contributed by atoms with van der Waals surface area (Å²) in [5.41, 5.74) is 0.752. The fraction of sp³-hybridized carbons (Fsp3) is 0.786. The summed E-state index contributed by atoms with van der Waals surface area (Å²) in [7, 11) is 3.73. The summed E-state index contributed by atoms with van der Waals surface area (Å²) < 4.78 is 1.68. The minimum Gasteiger partial charge on any atom is -0.347 e. The van der Waals surface area contributed by atoms with Crippen LogP contribution in [0.1, 0.15) is 44.7 Å². The highest BCUT2D eigenvalue weighted by Gasteiger charge is 2.35. The number of hydrogen-bond donors (Lipinski definition) is 1. The summed E-state index contributed by atoms with van der Waals surface area (Å²) in [6, 6.07) is 0.290. The number of likely N-dealkylation sites (N-methyl/N-ethyl adjacent to an activating group) is 1. The molecule has 1 aliphatic heterocycles. The molecule has 1 aromatic heterocycles. The molecule has 0 aromatic carbocycles. The predicted molar refractivity (Wildman–Crippen MR) is 82.9 cm³/mol. The molecule has 1 aromatic rings. The van der Waals surface area contributed by atoms with Crippen molar-refractivity contribution in [3.05, 3.63) is 15.8 Å². The van der Waals surface area contributed by atoms with Crippen LogP contribution >= 0.6 is 0 Å². The van der Waals surface area contributed by atoms with Crippen molar-refractivity contribution in [2.24, 2.45) is 7.05 Å². The maximum Gasteiger partial charge on any atom is 0.334 e. The molecule has 1 fully saturated rings. The first kappa shape index (κ1) is 15.8. The molecule has 0 bridgehead atoms. The van der Waals surface area contributed by atoms with Gasteiger partial charge in [0.1, 0.15) is 5.69 Å². The lowest BCUT2D eigenvalue weighted by atomic mass is 10.0. The molecule has 0 aliphatic carbocycles. The van der Waals surface area contributed by atoms with Crippen LogP contribution in [-0.2, 0) is 7.05 Å². The zero-order valence-electron chi connectivity index (χ0n) is 13.3. The molecule has 0 radical (unpaired) electrons. The van der Waals surface area contributed by atoms with Crippen molar-refractivity contribution in [3.63, 3.8) is 0 Å². The Morgan fingerprint density at radius 2 is 2.19 bits per heavy atom. The number of nitrogens with one attached hydrogen (secondary N) is 1. The summed E-state index contributed by atoms with van der Waals surface area (Å²) in [6.07, 6.45) is 3.30. The number of aromatic nitrogens is 2. The molecule has 1 unspecified atom stereocenters. The quantitative estimate of drug-likeness (QED) is 0.664. The normalized spacial score (nSPS) is 19.3. The first-order valence-corrected chi connectivity index (χ1v) is 7.59. The van der Waals surface area contributed by atoms with E-state index in [0.717, 1.165) is 25.9 Å². The topological polar surface area (TPSA) is 76.2 Å². The van der Waals surface area contributed by atoms with Gasteiger partial charge in [-0.15, -0.1) is 0 Å². The summed E-state index contributed by atoms with van der Waals surface area (Å²) in [5, 5.41) is 19.2. The van der Waals surface area contributed by atoms with Gasteiger partial charge in [-0.3, -0.25) is 10.1 Å². The van der Waals surface area contributed by atoms with Gasteiger partial charge < -0.3 is 10.2 Å². The third-order valence-corrected chi connectivity index (χ3v) is 4.09. The largest absolute Gasteiger partial charge is 0.347 e. The molecular formula is C14H25N5O2. The third-order valence-electron chi connectivity index (χ3n) is 4.09. The number of nitrogens with zero attached hydrogens (tertiary/aromatic N) is 4. The molecule has 1 aliphatic rings. The monoisotopic (exact) mass is 295 g/mol. The van der Waals surface area contributed by atoms with Crippen molar-refractivity contribution in [1.29, 1.82) is 0 Å². The van der Waals surface area contributed by atoms with Crippen molar-refractivity contribution in [1.82, 2.24) is 15.1 Å². The van der Waals surface area contributed by atoms with Gasteiger partial charge in [-0.2, -0.15) is 5.10 Å². The van der Waals surface area contributed by atoms with Gasteiger partial charge in [-0.05, 0) is 26.3 Å². The Kier molecular flexibility index (Phi) is 4.82. The Morgan fingerprint density at radius 1 is 1.48 bits per heavy atom. The molecule has 7 nitrogen and oxygen atoms in total. The molecule has 2 heterocycles. The van der Waals surface area contributed by atoms with E-state index in [1.807, 2.05) is 20.9 Å². The molecule has 21 heavy (non-hydrogen) atoms. The van der Waals surface area contributed by atoms with Gasteiger partial charge in [0, 0.05) is 32.1 Å². The minimum absolute atomic E-state index is 0.0397. The van der Waals surface area contributed by atoms with Gasteiger partial charge in [0.15, 0.2) is 0 Å². The molecular weight excluding hydrogens is 270 g/mol. The molecule has 2 rings (SSSR count). The summed E-state index contributed by atoms with van der Waals surface area (Å²) >= 11 is 0. The number of nitro groups is 1. The number of aryl methyl sites for hydroxylation is 1. The Balaban J connectivity index is 2.48. The lowest BCUT2D eigenvalue weighted by Gasteiger charge is -2.36. The number of piperidine rings is 1. The predicted octanol–water partition coefficient (Wildman–Crippen LogP) is 2.03. The second kappa shape index (κ2) is 6.43. The van der Waals surface area contributed by atoms with Gasteiger partial charge >= 0.3 is 5.69 Å². The van der Waals surface area contributed by atoms with Crippen molar-refractivity contribution in [2.45, 2.75) is 45.1 Å². The van der Waals surface area contributed by atoms with Crippen LogP contribution in [0, 0.1) is 10.1 Å². The average Bonchev–Trinajstić information content (AvgIpc) is 2.78. The third kappa shape index (κ3) is 3.02. The Bertz CT molecular complexity index is 510. The molecule has 1 atom stereocenters. The van der Waals surface area contributed by atoms with Crippen molar-refractivity contribution in [2.75, 3.05) is 25.0 Å². The maximum absolute atomic E-state index is 11.6. The summed E-state index contributed by atoms with van der Waals surface area (Å²) in [4.78, 5) is 13.5. The average molecular weight is 295 g/mol. The summed E-state index contributed by atoms with van der Waals surface area (Å²) in [5.74, 6) is 0.696. The van der Waals surface area contributed by atoms with Crippen LogP contribution in [0.5, 0.6) is 0 Å². The van der Waals surface area contributed by atoms with E-state index in [-0.39, 0.29) is 22.6 Å². The first-order valence-electron chi connectivity index (χ1n) is 7.59. The number of rotatable bonds is 5. The second-order valence-electron chi connectivity index (χ2n) is 5.99. The van der Waals surface area contributed by atoms with Crippen LogP contribution in [0.4, 0.5) is 11.5 Å².